The third-order valence-electron chi connectivity index (χ3n) is 2.22. The van der Waals surface area contributed by atoms with Crippen LogP contribution >= 0.6 is 0 Å². The van der Waals surface area contributed by atoms with E-state index in [2.05, 4.69) is 11.2 Å². The minimum atomic E-state index is 0.341. The zero-order valence-electron chi connectivity index (χ0n) is 10.6. The van der Waals surface area contributed by atoms with Crippen LogP contribution in [0.2, 0.25) is 0 Å². The van der Waals surface area contributed by atoms with Crippen molar-refractivity contribution >= 4 is 5.69 Å². The van der Waals surface area contributed by atoms with Gasteiger partial charge in [0.2, 0.25) is 0 Å². The lowest BCUT2D eigenvalue weighted by Gasteiger charge is -2.08. The second-order valence-electron chi connectivity index (χ2n) is 3.52. The van der Waals surface area contributed by atoms with Crippen molar-refractivity contribution in [3.63, 3.8) is 0 Å². The molecule has 0 unspecified atom stereocenters. The van der Waals surface area contributed by atoms with Crippen LogP contribution in [-0.2, 0) is 9.47 Å². The fourth-order valence-corrected chi connectivity index (χ4v) is 1.33. The van der Waals surface area contributed by atoms with Crippen LogP contribution in [0.1, 0.15) is 0 Å². The van der Waals surface area contributed by atoms with E-state index in [0.29, 0.717) is 26.4 Å². The van der Waals surface area contributed by atoms with Crippen molar-refractivity contribution in [2.24, 2.45) is 0 Å². The number of terminal acetylenes is 1. The number of nitrogens with one attached hydrogen (secondary N) is 1. The molecule has 0 saturated carbocycles. The summed E-state index contributed by atoms with van der Waals surface area (Å²) in [5.74, 6) is 3.25. The number of benzene rings is 1. The van der Waals surface area contributed by atoms with Crippen LogP contribution in [0.25, 0.3) is 0 Å². The van der Waals surface area contributed by atoms with Crippen LogP contribution in [0.5, 0.6) is 5.75 Å². The zero-order valence-corrected chi connectivity index (χ0v) is 10.6. The van der Waals surface area contributed by atoms with Crippen molar-refractivity contribution < 1.29 is 14.2 Å². The maximum Gasteiger partial charge on any atom is 0.119 e. The van der Waals surface area contributed by atoms with Gasteiger partial charge in [-0.15, -0.1) is 6.42 Å². The molecular weight excluding hydrogens is 230 g/mol. The molecule has 0 aromatic heterocycles. The Labute approximate surface area is 108 Å². The lowest BCUT2D eigenvalue weighted by atomic mass is 10.3. The summed E-state index contributed by atoms with van der Waals surface area (Å²) in [7, 11) is 1.65. The molecule has 0 aliphatic rings. The first-order valence-corrected chi connectivity index (χ1v) is 5.83. The molecule has 0 amide bonds. The first-order chi connectivity index (χ1) is 8.86. The molecule has 1 rings (SSSR count). The standard InChI is InChI=1S/C14H19NO3/c1-3-9-17-11-12-18-10-8-15-13-4-6-14(16-2)7-5-13/h1,4-7,15H,8-12H2,2H3. The summed E-state index contributed by atoms with van der Waals surface area (Å²) in [6, 6.07) is 7.76. The van der Waals surface area contributed by atoms with Gasteiger partial charge in [-0.25, -0.2) is 0 Å². The largest absolute Gasteiger partial charge is 0.497 e. The van der Waals surface area contributed by atoms with Gasteiger partial charge in [-0.3, -0.25) is 0 Å². The summed E-state index contributed by atoms with van der Waals surface area (Å²) in [4.78, 5) is 0. The molecule has 1 N–H and O–H groups in total. The van der Waals surface area contributed by atoms with Crippen molar-refractivity contribution in [2.45, 2.75) is 0 Å². The average molecular weight is 249 g/mol. The minimum Gasteiger partial charge on any atom is -0.497 e. The van der Waals surface area contributed by atoms with Crippen molar-refractivity contribution in [1.82, 2.24) is 0 Å². The quantitative estimate of drug-likeness (QED) is 0.535. The predicted molar refractivity (Wildman–Crippen MR) is 72.0 cm³/mol. The molecule has 0 fully saturated rings. The lowest BCUT2D eigenvalue weighted by Crippen LogP contribution is -2.12. The van der Waals surface area contributed by atoms with Gasteiger partial charge in [0, 0.05) is 12.2 Å². The molecule has 0 atom stereocenters. The number of methoxy groups -OCH3 is 1. The molecule has 4 nitrogen and oxygen atoms in total. The number of rotatable bonds is 9. The normalized spacial score (nSPS) is 9.78. The van der Waals surface area contributed by atoms with E-state index in [4.69, 9.17) is 20.6 Å². The van der Waals surface area contributed by atoms with E-state index in [1.54, 1.807) is 7.11 Å². The Balaban J connectivity index is 2.02. The third kappa shape index (κ3) is 6.14. The second-order valence-corrected chi connectivity index (χ2v) is 3.52. The van der Waals surface area contributed by atoms with Gasteiger partial charge in [-0.1, -0.05) is 5.92 Å². The lowest BCUT2D eigenvalue weighted by molar-refractivity contribution is 0.0647. The highest BCUT2D eigenvalue weighted by molar-refractivity contribution is 5.46. The van der Waals surface area contributed by atoms with Gasteiger partial charge in [0.1, 0.15) is 12.4 Å². The molecule has 0 radical (unpaired) electrons. The fraction of sp³-hybridized carbons (Fsp3) is 0.429. The van der Waals surface area contributed by atoms with Crippen LogP contribution in [0.15, 0.2) is 24.3 Å². The Morgan fingerprint density at radius 1 is 1.11 bits per heavy atom. The van der Waals surface area contributed by atoms with E-state index < -0.39 is 0 Å². The van der Waals surface area contributed by atoms with Crippen LogP contribution in [0, 0.1) is 12.3 Å². The topological polar surface area (TPSA) is 39.7 Å². The maximum atomic E-state index is 5.37. The average Bonchev–Trinajstić information content (AvgIpc) is 2.42. The molecule has 0 aliphatic heterocycles. The summed E-state index contributed by atoms with van der Waals surface area (Å²) < 4.78 is 15.5. The first-order valence-electron chi connectivity index (χ1n) is 5.83. The SMILES string of the molecule is C#CCOCCOCCNc1ccc(OC)cc1. The van der Waals surface area contributed by atoms with Gasteiger partial charge in [0.15, 0.2) is 0 Å². The summed E-state index contributed by atoms with van der Waals surface area (Å²) >= 11 is 0. The van der Waals surface area contributed by atoms with Crippen LogP contribution in [0.3, 0.4) is 0 Å². The van der Waals surface area contributed by atoms with E-state index in [1.165, 1.54) is 0 Å². The summed E-state index contributed by atoms with van der Waals surface area (Å²) in [6.45, 7) is 2.82. The van der Waals surface area contributed by atoms with E-state index in [0.717, 1.165) is 18.0 Å². The molecule has 4 heteroatoms. The Kier molecular flexibility index (Phi) is 7.45. The highest BCUT2D eigenvalue weighted by Gasteiger charge is 1.93. The summed E-state index contributed by atoms with van der Waals surface area (Å²) in [5.41, 5.74) is 1.04. The maximum absolute atomic E-state index is 5.37. The van der Waals surface area contributed by atoms with Gasteiger partial charge in [0.25, 0.3) is 0 Å². The Morgan fingerprint density at radius 2 is 1.83 bits per heavy atom. The summed E-state index contributed by atoms with van der Waals surface area (Å²) in [6.07, 6.45) is 5.04. The van der Waals surface area contributed by atoms with Crippen LogP contribution in [0.4, 0.5) is 5.69 Å². The van der Waals surface area contributed by atoms with Crippen molar-refractivity contribution in [2.75, 3.05) is 45.4 Å². The number of ether oxygens (including phenoxy) is 3. The highest BCUT2D eigenvalue weighted by atomic mass is 16.5. The highest BCUT2D eigenvalue weighted by Crippen LogP contribution is 2.14. The van der Waals surface area contributed by atoms with E-state index in [1.807, 2.05) is 24.3 Å². The zero-order chi connectivity index (χ0) is 13.1. The van der Waals surface area contributed by atoms with Crippen molar-refractivity contribution in [1.29, 1.82) is 0 Å². The predicted octanol–water partition coefficient (Wildman–Crippen LogP) is 1.77. The smallest absolute Gasteiger partial charge is 0.119 e. The van der Waals surface area contributed by atoms with Gasteiger partial charge >= 0.3 is 0 Å². The number of anilines is 1. The molecular formula is C14H19NO3. The molecule has 0 bridgehead atoms. The molecule has 0 saturated heterocycles. The van der Waals surface area contributed by atoms with Crippen LogP contribution in [-0.4, -0.2) is 40.1 Å². The van der Waals surface area contributed by atoms with E-state index >= 15 is 0 Å². The fourth-order valence-electron chi connectivity index (χ4n) is 1.33. The van der Waals surface area contributed by atoms with Crippen molar-refractivity contribution in [3.05, 3.63) is 24.3 Å². The Bertz CT molecular complexity index is 356. The monoisotopic (exact) mass is 249 g/mol. The number of hydrogen-bond donors (Lipinski definition) is 1. The third-order valence-corrected chi connectivity index (χ3v) is 2.22. The first kappa shape index (κ1) is 14.4. The number of hydrogen-bond acceptors (Lipinski definition) is 4. The van der Waals surface area contributed by atoms with Crippen molar-refractivity contribution in [3.8, 4) is 18.1 Å². The van der Waals surface area contributed by atoms with Gasteiger partial charge in [0.05, 0.1) is 26.9 Å². The van der Waals surface area contributed by atoms with Gasteiger partial charge < -0.3 is 19.5 Å². The molecule has 98 valence electrons. The summed E-state index contributed by atoms with van der Waals surface area (Å²) in [5, 5.41) is 3.24. The van der Waals surface area contributed by atoms with E-state index in [-0.39, 0.29) is 0 Å². The molecule has 1 aromatic rings. The molecule has 0 spiro atoms. The molecule has 0 heterocycles. The van der Waals surface area contributed by atoms with Gasteiger partial charge in [-0.2, -0.15) is 0 Å². The second kappa shape index (κ2) is 9.34. The molecule has 18 heavy (non-hydrogen) atoms. The Morgan fingerprint density at radius 3 is 2.50 bits per heavy atom. The minimum absolute atomic E-state index is 0.341. The van der Waals surface area contributed by atoms with E-state index in [9.17, 15) is 0 Å². The van der Waals surface area contributed by atoms with Gasteiger partial charge in [-0.05, 0) is 24.3 Å². The molecule has 1 aromatic carbocycles. The van der Waals surface area contributed by atoms with Crippen LogP contribution < -0.4 is 10.1 Å². The Hall–Kier alpha value is -1.70. The molecule has 0 aliphatic carbocycles.